The van der Waals surface area contributed by atoms with Crippen LogP contribution in [0.25, 0.3) is 21.1 Å². The van der Waals surface area contributed by atoms with Crippen LogP contribution >= 0.6 is 22.9 Å². The van der Waals surface area contributed by atoms with Crippen molar-refractivity contribution >= 4 is 50.0 Å². The molecule has 5 aromatic rings. The molecule has 42 heavy (non-hydrogen) atoms. The van der Waals surface area contributed by atoms with Crippen molar-refractivity contribution in [3.8, 4) is 23.7 Å². The number of fused-ring (bicyclic) bond motifs is 2. The molecule has 3 aromatic carbocycles. The fraction of sp³-hybridized carbons (Fsp3) is 0.242. The second-order valence-corrected chi connectivity index (χ2v) is 10.9. The monoisotopic (exact) mass is 597 g/mol. The fourth-order valence-corrected chi connectivity index (χ4v) is 5.71. The standard InChI is InChI=1S/C33H28ClN3O4S/c1-39-18-19-41-25-10-14-31-28(21-25)36-32(42-31)15-13-29-26(11-6-22-4-8-24(34)9-5-22)27-20-23(33(38)40-2)7-12-30(27)37(29)17-3-16-35/h4-5,7-10,12,14,20-21H,3,6,11,17-19H2,1-2H3. The van der Waals surface area contributed by atoms with E-state index >= 15 is 0 Å². The molecule has 0 atom stereocenters. The average molecular weight is 598 g/mol. The van der Waals surface area contributed by atoms with Crippen LogP contribution in [0.1, 0.15) is 38.6 Å². The maximum atomic E-state index is 12.4. The van der Waals surface area contributed by atoms with Crippen molar-refractivity contribution < 1.29 is 19.0 Å². The van der Waals surface area contributed by atoms with Crippen LogP contribution in [0.3, 0.4) is 0 Å². The van der Waals surface area contributed by atoms with E-state index in [4.69, 9.17) is 30.8 Å². The molecule has 9 heteroatoms. The van der Waals surface area contributed by atoms with Crippen molar-refractivity contribution in [2.45, 2.75) is 25.8 Å². The summed E-state index contributed by atoms with van der Waals surface area (Å²) >= 11 is 7.61. The van der Waals surface area contributed by atoms with Crippen LogP contribution in [0.2, 0.25) is 5.02 Å². The van der Waals surface area contributed by atoms with Crippen molar-refractivity contribution in [1.29, 1.82) is 5.26 Å². The van der Waals surface area contributed by atoms with E-state index in [9.17, 15) is 10.1 Å². The van der Waals surface area contributed by atoms with Crippen LogP contribution in [0.5, 0.6) is 5.75 Å². The van der Waals surface area contributed by atoms with Gasteiger partial charge in [-0.05, 0) is 78.3 Å². The molecule has 0 saturated carbocycles. The molecule has 0 unspecified atom stereocenters. The molecule has 2 aromatic heterocycles. The van der Waals surface area contributed by atoms with Gasteiger partial charge in [-0.3, -0.25) is 0 Å². The summed E-state index contributed by atoms with van der Waals surface area (Å²) in [5, 5.41) is 11.7. The molecule has 0 aliphatic rings. The Balaban J connectivity index is 1.58. The van der Waals surface area contributed by atoms with Gasteiger partial charge in [-0.2, -0.15) is 5.26 Å². The third-order valence-electron chi connectivity index (χ3n) is 6.82. The summed E-state index contributed by atoms with van der Waals surface area (Å²) in [5.74, 6) is 6.99. The Kier molecular flexibility index (Phi) is 9.41. The predicted molar refractivity (Wildman–Crippen MR) is 165 cm³/mol. The smallest absolute Gasteiger partial charge is 0.337 e. The van der Waals surface area contributed by atoms with Gasteiger partial charge in [0, 0.05) is 35.6 Å². The second-order valence-electron chi connectivity index (χ2n) is 9.48. The number of aryl methyl sites for hydroxylation is 3. The van der Waals surface area contributed by atoms with Gasteiger partial charge in [0.1, 0.15) is 12.4 Å². The fourth-order valence-electron chi connectivity index (χ4n) is 4.79. The first-order chi connectivity index (χ1) is 20.5. The largest absolute Gasteiger partial charge is 0.491 e. The number of nitrogens with zero attached hydrogens (tertiary/aromatic N) is 3. The molecule has 0 amide bonds. The van der Waals surface area contributed by atoms with Crippen molar-refractivity contribution in [3.63, 3.8) is 0 Å². The number of carbonyl (C=O) groups excluding carboxylic acids is 1. The quantitative estimate of drug-likeness (QED) is 0.0998. The van der Waals surface area contributed by atoms with E-state index in [1.54, 1.807) is 13.2 Å². The number of esters is 1. The number of halogens is 1. The van der Waals surface area contributed by atoms with Crippen LogP contribution in [-0.2, 0) is 28.9 Å². The Morgan fingerprint density at radius 3 is 2.62 bits per heavy atom. The molecule has 0 aliphatic heterocycles. The highest BCUT2D eigenvalue weighted by Crippen LogP contribution is 2.30. The van der Waals surface area contributed by atoms with Crippen molar-refractivity contribution in [1.82, 2.24) is 9.55 Å². The van der Waals surface area contributed by atoms with E-state index in [0.717, 1.165) is 50.1 Å². The molecule has 0 radical (unpaired) electrons. The summed E-state index contributed by atoms with van der Waals surface area (Å²) in [6.45, 7) is 1.44. The van der Waals surface area contributed by atoms with Gasteiger partial charge in [0.05, 0.1) is 47.7 Å². The molecule has 2 heterocycles. The number of benzene rings is 3. The van der Waals surface area contributed by atoms with Gasteiger partial charge in [0.25, 0.3) is 0 Å². The number of ether oxygens (including phenoxy) is 3. The molecular formula is C33H28ClN3O4S. The SMILES string of the molecule is COCCOc1ccc2sc(C#Cc3c(CCc4ccc(Cl)cc4)c4cc(C(=O)OC)ccc4n3CCC#N)nc2c1. The summed E-state index contributed by atoms with van der Waals surface area (Å²) in [6, 6.07) is 21.3. The lowest BCUT2D eigenvalue weighted by molar-refractivity contribution is 0.0601. The Morgan fingerprint density at radius 1 is 1.02 bits per heavy atom. The first-order valence-corrected chi connectivity index (χ1v) is 14.6. The zero-order chi connectivity index (χ0) is 29.5. The van der Waals surface area contributed by atoms with Gasteiger partial charge in [-0.25, -0.2) is 9.78 Å². The average Bonchev–Trinajstić information content (AvgIpc) is 3.55. The highest BCUT2D eigenvalue weighted by atomic mass is 35.5. The molecule has 0 aliphatic carbocycles. The molecule has 5 rings (SSSR count). The Morgan fingerprint density at radius 2 is 1.86 bits per heavy atom. The zero-order valence-corrected chi connectivity index (χ0v) is 24.8. The van der Waals surface area contributed by atoms with Gasteiger partial charge in [0.2, 0.25) is 0 Å². The Bertz CT molecular complexity index is 1840. The van der Waals surface area contributed by atoms with Gasteiger partial charge in [-0.1, -0.05) is 23.7 Å². The lowest BCUT2D eigenvalue weighted by Gasteiger charge is -2.06. The normalized spacial score (nSPS) is 10.8. The van der Waals surface area contributed by atoms with E-state index in [1.165, 1.54) is 18.4 Å². The third-order valence-corrected chi connectivity index (χ3v) is 8.02. The van der Waals surface area contributed by atoms with Crippen LogP contribution in [0, 0.1) is 23.2 Å². The van der Waals surface area contributed by atoms with Crippen molar-refractivity contribution in [3.05, 3.63) is 93.1 Å². The van der Waals surface area contributed by atoms with E-state index in [2.05, 4.69) is 22.5 Å². The summed E-state index contributed by atoms with van der Waals surface area (Å²) < 4.78 is 18.9. The first kappa shape index (κ1) is 29.2. The zero-order valence-electron chi connectivity index (χ0n) is 23.3. The predicted octanol–water partition coefficient (Wildman–Crippen LogP) is 6.81. The molecular weight excluding hydrogens is 570 g/mol. The maximum Gasteiger partial charge on any atom is 0.337 e. The minimum atomic E-state index is -0.405. The van der Waals surface area contributed by atoms with Crippen LogP contribution < -0.4 is 4.74 Å². The van der Waals surface area contributed by atoms with Gasteiger partial charge < -0.3 is 18.8 Å². The number of hydrogen-bond acceptors (Lipinski definition) is 7. The highest BCUT2D eigenvalue weighted by molar-refractivity contribution is 7.19. The van der Waals surface area contributed by atoms with Crippen LogP contribution in [0.15, 0.2) is 60.7 Å². The van der Waals surface area contributed by atoms with Crippen LogP contribution in [-0.4, -0.2) is 43.0 Å². The van der Waals surface area contributed by atoms with E-state index in [0.29, 0.717) is 48.2 Å². The molecule has 212 valence electrons. The maximum absolute atomic E-state index is 12.4. The Labute approximate surface area is 253 Å². The number of rotatable bonds is 10. The molecule has 0 fully saturated rings. The number of nitriles is 1. The topological polar surface area (TPSA) is 86.4 Å². The molecule has 0 spiro atoms. The molecule has 0 saturated heterocycles. The molecule has 7 nitrogen and oxygen atoms in total. The van der Waals surface area contributed by atoms with Gasteiger partial charge >= 0.3 is 5.97 Å². The lowest BCUT2D eigenvalue weighted by atomic mass is 10.0. The minimum Gasteiger partial charge on any atom is -0.491 e. The number of hydrogen-bond donors (Lipinski definition) is 0. The van der Waals surface area contributed by atoms with Gasteiger partial charge in [0.15, 0.2) is 5.01 Å². The molecule has 0 N–H and O–H groups in total. The summed E-state index contributed by atoms with van der Waals surface area (Å²) in [7, 11) is 3.01. The number of aromatic nitrogens is 2. The summed E-state index contributed by atoms with van der Waals surface area (Å²) in [6.07, 6.45) is 1.74. The summed E-state index contributed by atoms with van der Waals surface area (Å²) in [4.78, 5) is 17.1. The van der Waals surface area contributed by atoms with Crippen molar-refractivity contribution in [2.75, 3.05) is 27.4 Å². The second kappa shape index (κ2) is 13.5. The van der Waals surface area contributed by atoms with Crippen molar-refractivity contribution in [2.24, 2.45) is 0 Å². The highest BCUT2D eigenvalue weighted by Gasteiger charge is 2.18. The number of carbonyl (C=O) groups is 1. The van der Waals surface area contributed by atoms with E-state index in [-0.39, 0.29) is 0 Å². The Hall–Kier alpha value is -4.34. The van der Waals surface area contributed by atoms with E-state index in [1.807, 2.05) is 54.6 Å². The van der Waals surface area contributed by atoms with Gasteiger partial charge in [-0.15, -0.1) is 11.3 Å². The number of thiazole rings is 1. The third kappa shape index (κ3) is 6.58. The minimum absolute atomic E-state index is 0.320. The summed E-state index contributed by atoms with van der Waals surface area (Å²) in [5.41, 5.74) is 5.13. The van der Waals surface area contributed by atoms with Crippen LogP contribution in [0.4, 0.5) is 0 Å². The van der Waals surface area contributed by atoms with E-state index < -0.39 is 5.97 Å². The molecule has 0 bridgehead atoms. The lowest BCUT2D eigenvalue weighted by Crippen LogP contribution is -2.03. The number of methoxy groups -OCH3 is 2. The first-order valence-electron chi connectivity index (χ1n) is 13.4.